The van der Waals surface area contributed by atoms with Crippen molar-refractivity contribution in [2.75, 3.05) is 52.6 Å². The van der Waals surface area contributed by atoms with Gasteiger partial charge < -0.3 is 20.1 Å². The molecule has 2 N–H and O–H groups in total. The Morgan fingerprint density at radius 1 is 1.12 bits per heavy atom. The lowest BCUT2D eigenvalue weighted by Gasteiger charge is -2.48. The highest BCUT2D eigenvalue weighted by atomic mass is 35.5. The summed E-state index contributed by atoms with van der Waals surface area (Å²) >= 11 is 0. The van der Waals surface area contributed by atoms with Crippen LogP contribution in [0.2, 0.25) is 0 Å². The van der Waals surface area contributed by atoms with Crippen LogP contribution >= 0.6 is 12.4 Å². The number of ether oxygens (including phenoxy) is 2. The third kappa shape index (κ3) is 5.30. The van der Waals surface area contributed by atoms with E-state index in [0.717, 1.165) is 46.0 Å². The summed E-state index contributed by atoms with van der Waals surface area (Å²) in [6.45, 7) is 6.63. The van der Waals surface area contributed by atoms with Gasteiger partial charge >= 0.3 is 0 Å². The number of hydrogen-bond acceptors (Lipinski definition) is 5. The van der Waals surface area contributed by atoms with Crippen LogP contribution in [-0.4, -0.2) is 75.0 Å². The summed E-state index contributed by atoms with van der Waals surface area (Å²) in [5.41, 5.74) is 0.147. The molecule has 0 spiro atoms. The Bertz CT molecular complexity index is 379. The van der Waals surface area contributed by atoms with E-state index in [1.807, 2.05) is 0 Å². The first-order chi connectivity index (χ1) is 11.3. The molecule has 7 heteroatoms. The first-order valence-corrected chi connectivity index (χ1v) is 9.19. The van der Waals surface area contributed by atoms with Crippen molar-refractivity contribution < 1.29 is 14.3 Å². The zero-order chi connectivity index (χ0) is 16.0. The van der Waals surface area contributed by atoms with E-state index >= 15 is 0 Å². The molecule has 1 amide bonds. The van der Waals surface area contributed by atoms with Gasteiger partial charge in [-0.25, -0.2) is 0 Å². The lowest BCUT2D eigenvalue weighted by molar-refractivity contribution is -0.123. The topological polar surface area (TPSA) is 62.8 Å². The lowest BCUT2D eigenvalue weighted by atomic mass is 9.79. The third-order valence-electron chi connectivity index (χ3n) is 5.51. The highest BCUT2D eigenvalue weighted by Crippen LogP contribution is 2.33. The number of nitrogens with zero attached hydrogens (tertiary/aromatic N) is 1. The van der Waals surface area contributed by atoms with E-state index in [0.29, 0.717) is 13.0 Å². The Kier molecular flexibility index (Phi) is 8.23. The number of nitrogens with one attached hydrogen (secondary N) is 2. The second kappa shape index (κ2) is 9.92. The Morgan fingerprint density at radius 2 is 1.88 bits per heavy atom. The van der Waals surface area contributed by atoms with E-state index in [-0.39, 0.29) is 29.9 Å². The van der Waals surface area contributed by atoms with Crippen LogP contribution in [0.1, 0.15) is 38.5 Å². The number of amides is 1. The standard InChI is InChI=1S/C17H31N3O3.ClH/c21-16(12-15-13-23-9-6-18-15)19-14-17(4-2-1-3-5-17)20-7-10-22-11-8-20;/h15,18H,1-14H2,(H,19,21);1H. The van der Waals surface area contributed by atoms with Crippen LogP contribution in [0.15, 0.2) is 0 Å². The monoisotopic (exact) mass is 361 g/mol. The van der Waals surface area contributed by atoms with Gasteiger partial charge in [0.1, 0.15) is 0 Å². The number of halogens is 1. The van der Waals surface area contributed by atoms with Gasteiger partial charge in [-0.3, -0.25) is 9.69 Å². The van der Waals surface area contributed by atoms with Crippen LogP contribution in [0, 0.1) is 0 Å². The molecule has 140 valence electrons. The molecule has 3 aliphatic rings. The smallest absolute Gasteiger partial charge is 0.221 e. The maximum absolute atomic E-state index is 12.3. The maximum Gasteiger partial charge on any atom is 0.221 e. The molecule has 1 aliphatic carbocycles. The van der Waals surface area contributed by atoms with Crippen molar-refractivity contribution in [3.63, 3.8) is 0 Å². The van der Waals surface area contributed by atoms with Crippen LogP contribution in [0.5, 0.6) is 0 Å². The van der Waals surface area contributed by atoms with Gasteiger partial charge in [0.25, 0.3) is 0 Å². The number of carbonyl (C=O) groups is 1. The summed E-state index contributed by atoms with van der Waals surface area (Å²) in [6, 6.07) is 0.162. The Morgan fingerprint density at radius 3 is 2.54 bits per heavy atom. The zero-order valence-electron chi connectivity index (χ0n) is 14.6. The average Bonchev–Trinajstić information content (AvgIpc) is 2.62. The van der Waals surface area contributed by atoms with Crippen molar-refractivity contribution in [3.8, 4) is 0 Å². The van der Waals surface area contributed by atoms with Crippen LogP contribution in [0.4, 0.5) is 0 Å². The lowest BCUT2D eigenvalue weighted by Crippen LogP contribution is -2.60. The fraction of sp³-hybridized carbons (Fsp3) is 0.941. The molecule has 2 heterocycles. The summed E-state index contributed by atoms with van der Waals surface area (Å²) in [7, 11) is 0. The van der Waals surface area contributed by atoms with Crippen molar-refractivity contribution in [3.05, 3.63) is 0 Å². The molecule has 0 bridgehead atoms. The molecule has 1 atom stereocenters. The highest BCUT2D eigenvalue weighted by molar-refractivity contribution is 5.85. The van der Waals surface area contributed by atoms with Gasteiger partial charge in [-0.05, 0) is 12.8 Å². The predicted octanol–water partition coefficient (Wildman–Crippen LogP) is 0.938. The van der Waals surface area contributed by atoms with Crippen molar-refractivity contribution in [2.24, 2.45) is 0 Å². The fourth-order valence-electron chi connectivity index (χ4n) is 4.16. The minimum Gasteiger partial charge on any atom is -0.379 e. The van der Waals surface area contributed by atoms with Gasteiger partial charge in [0, 0.05) is 44.2 Å². The Hall–Kier alpha value is -0.400. The number of rotatable bonds is 5. The molecule has 1 unspecified atom stereocenters. The van der Waals surface area contributed by atoms with Gasteiger partial charge in [-0.1, -0.05) is 19.3 Å². The van der Waals surface area contributed by atoms with Gasteiger partial charge in [-0.2, -0.15) is 0 Å². The van der Waals surface area contributed by atoms with Gasteiger partial charge in [0.05, 0.1) is 26.4 Å². The maximum atomic E-state index is 12.3. The molecule has 2 saturated heterocycles. The normalized spacial score (nSPS) is 27.9. The van der Waals surface area contributed by atoms with Gasteiger partial charge in [0.2, 0.25) is 5.91 Å². The second-order valence-corrected chi connectivity index (χ2v) is 7.09. The van der Waals surface area contributed by atoms with E-state index in [2.05, 4.69) is 15.5 Å². The largest absolute Gasteiger partial charge is 0.379 e. The molecule has 0 radical (unpaired) electrons. The first kappa shape index (κ1) is 19.9. The summed E-state index contributed by atoms with van der Waals surface area (Å²) in [5, 5.41) is 6.57. The van der Waals surface area contributed by atoms with Crippen molar-refractivity contribution in [1.82, 2.24) is 15.5 Å². The number of morpholine rings is 2. The van der Waals surface area contributed by atoms with E-state index in [1.54, 1.807) is 0 Å². The molecule has 6 nitrogen and oxygen atoms in total. The van der Waals surface area contributed by atoms with Gasteiger partial charge in [-0.15, -0.1) is 12.4 Å². The van der Waals surface area contributed by atoms with Gasteiger partial charge in [0.15, 0.2) is 0 Å². The molecule has 3 rings (SSSR count). The molecule has 3 fully saturated rings. The van der Waals surface area contributed by atoms with Crippen molar-refractivity contribution in [2.45, 2.75) is 50.1 Å². The van der Waals surface area contributed by atoms with E-state index < -0.39 is 0 Å². The highest BCUT2D eigenvalue weighted by Gasteiger charge is 2.38. The molecule has 24 heavy (non-hydrogen) atoms. The fourth-order valence-corrected chi connectivity index (χ4v) is 4.16. The average molecular weight is 362 g/mol. The summed E-state index contributed by atoms with van der Waals surface area (Å²) in [4.78, 5) is 14.9. The SMILES string of the molecule is Cl.O=C(CC1COCCN1)NCC1(N2CCOCC2)CCCCC1. The zero-order valence-corrected chi connectivity index (χ0v) is 15.4. The van der Waals surface area contributed by atoms with Crippen LogP contribution < -0.4 is 10.6 Å². The van der Waals surface area contributed by atoms with E-state index in [1.165, 1.54) is 32.1 Å². The van der Waals surface area contributed by atoms with Crippen LogP contribution in [0.25, 0.3) is 0 Å². The Balaban J connectivity index is 0.00000208. The molecular formula is C17H32ClN3O3. The second-order valence-electron chi connectivity index (χ2n) is 7.09. The minimum atomic E-state index is 0. The molecule has 0 aromatic heterocycles. The van der Waals surface area contributed by atoms with Crippen LogP contribution in [-0.2, 0) is 14.3 Å². The molecule has 2 aliphatic heterocycles. The molecular weight excluding hydrogens is 330 g/mol. The van der Waals surface area contributed by atoms with Crippen LogP contribution in [0.3, 0.4) is 0 Å². The Labute approximate surface area is 151 Å². The number of carbonyl (C=O) groups excluding carboxylic acids is 1. The summed E-state index contributed by atoms with van der Waals surface area (Å²) in [6.07, 6.45) is 6.76. The van der Waals surface area contributed by atoms with Crippen molar-refractivity contribution in [1.29, 1.82) is 0 Å². The molecule has 0 aromatic rings. The predicted molar refractivity (Wildman–Crippen MR) is 95.7 cm³/mol. The summed E-state index contributed by atoms with van der Waals surface area (Å²) in [5.74, 6) is 0.145. The third-order valence-corrected chi connectivity index (χ3v) is 5.51. The minimum absolute atomic E-state index is 0. The quantitative estimate of drug-likeness (QED) is 0.763. The van der Waals surface area contributed by atoms with E-state index in [4.69, 9.17) is 9.47 Å². The summed E-state index contributed by atoms with van der Waals surface area (Å²) < 4.78 is 10.9. The molecule has 1 saturated carbocycles. The van der Waals surface area contributed by atoms with E-state index in [9.17, 15) is 4.79 Å². The first-order valence-electron chi connectivity index (χ1n) is 9.19. The molecule has 0 aromatic carbocycles. The van der Waals surface area contributed by atoms with Crippen molar-refractivity contribution >= 4 is 18.3 Å². The number of hydrogen-bond donors (Lipinski definition) is 2.